The summed E-state index contributed by atoms with van der Waals surface area (Å²) in [7, 11) is 0. The summed E-state index contributed by atoms with van der Waals surface area (Å²) in [5, 5.41) is 19.4. The normalized spacial score (nSPS) is 22.1. The molecule has 2 aromatic rings. The number of carboxylic acids is 1. The number of carbonyl (C=O) groups is 2. The zero-order valence-corrected chi connectivity index (χ0v) is 12.2. The molecule has 1 aromatic heterocycles. The topological polar surface area (TPSA) is 97.1 Å². The van der Waals surface area contributed by atoms with Gasteiger partial charge in [-0.05, 0) is 23.6 Å². The van der Waals surface area contributed by atoms with E-state index in [4.69, 9.17) is 5.11 Å². The van der Waals surface area contributed by atoms with E-state index >= 15 is 0 Å². The summed E-state index contributed by atoms with van der Waals surface area (Å²) >= 11 is 0. The number of anilines is 1. The third kappa shape index (κ3) is 2.34. The Hall–Kier alpha value is -2.70. The van der Waals surface area contributed by atoms with E-state index in [2.05, 4.69) is 15.5 Å². The van der Waals surface area contributed by atoms with Crippen molar-refractivity contribution >= 4 is 17.6 Å². The van der Waals surface area contributed by atoms with Gasteiger partial charge in [-0.3, -0.25) is 14.2 Å². The number of rotatable bonds is 4. The second-order valence-electron chi connectivity index (χ2n) is 6.02. The van der Waals surface area contributed by atoms with Crippen molar-refractivity contribution in [3.05, 3.63) is 36.9 Å². The van der Waals surface area contributed by atoms with Gasteiger partial charge in [0, 0.05) is 5.69 Å². The number of hydrogen-bond acceptors (Lipinski definition) is 4. The molecular weight excluding hydrogens is 284 g/mol. The van der Waals surface area contributed by atoms with Crippen LogP contribution < -0.4 is 5.32 Å². The van der Waals surface area contributed by atoms with Crippen molar-refractivity contribution in [2.75, 3.05) is 5.32 Å². The van der Waals surface area contributed by atoms with Crippen molar-refractivity contribution in [1.29, 1.82) is 0 Å². The first kappa shape index (κ1) is 14.2. The van der Waals surface area contributed by atoms with Crippen LogP contribution >= 0.6 is 0 Å². The molecule has 1 saturated carbocycles. The molecule has 22 heavy (non-hydrogen) atoms. The molecule has 0 bridgehead atoms. The highest BCUT2D eigenvalue weighted by Crippen LogP contribution is 2.58. The van der Waals surface area contributed by atoms with Crippen LogP contribution in [0.2, 0.25) is 0 Å². The summed E-state index contributed by atoms with van der Waals surface area (Å²) in [6, 6.07) is 7.21. The number of nitrogens with one attached hydrogen (secondary N) is 1. The molecule has 1 heterocycles. The van der Waals surface area contributed by atoms with Gasteiger partial charge >= 0.3 is 5.97 Å². The summed E-state index contributed by atoms with van der Waals surface area (Å²) in [5.41, 5.74) is 0.914. The number of hydrogen-bond donors (Lipinski definition) is 2. The number of carboxylic acid groups (broad SMARTS) is 1. The molecule has 3 rings (SSSR count). The van der Waals surface area contributed by atoms with Crippen LogP contribution in [-0.4, -0.2) is 31.7 Å². The fourth-order valence-corrected chi connectivity index (χ4v) is 2.89. The maximum absolute atomic E-state index is 12.3. The standard InChI is InChI=1S/C15H16N4O3/c1-15(2)11(12(15)14(21)22)13(20)18-9-4-3-5-10(6-9)19-7-16-17-8-19/h3-8,11-12H,1-2H3,(H,18,20)(H,21,22)/t11-,12-/m1/s1. The highest BCUT2D eigenvalue weighted by molar-refractivity contribution is 5.99. The molecule has 0 spiro atoms. The van der Waals surface area contributed by atoms with E-state index in [-0.39, 0.29) is 5.91 Å². The average Bonchev–Trinajstić information content (AvgIpc) is 2.84. The Morgan fingerprint density at radius 1 is 1.23 bits per heavy atom. The molecule has 114 valence electrons. The lowest BCUT2D eigenvalue weighted by atomic mass is 10.1. The van der Waals surface area contributed by atoms with Crippen LogP contribution in [0, 0.1) is 17.3 Å². The number of benzene rings is 1. The SMILES string of the molecule is CC1(C)[C@@H](C(=O)O)[C@@H]1C(=O)Nc1cccc(-n2cnnc2)c1. The Kier molecular flexibility index (Phi) is 3.20. The number of nitrogens with zero attached hydrogens (tertiary/aromatic N) is 3. The molecule has 1 fully saturated rings. The van der Waals surface area contributed by atoms with Crippen molar-refractivity contribution in [3.8, 4) is 5.69 Å². The quantitative estimate of drug-likeness (QED) is 0.893. The Labute approximate surface area is 127 Å². The highest BCUT2D eigenvalue weighted by atomic mass is 16.4. The molecule has 7 nitrogen and oxygen atoms in total. The maximum atomic E-state index is 12.3. The molecule has 2 atom stereocenters. The van der Waals surface area contributed by atoms with Crippen LogP contribution in [0.4, 0.5) is 5.69 Å². The third-order valence-electron chi connectivity index (χ3n) is 4.21. The van der Waals surface area contributed by atoms with Crippen molar-refractivity contribution < 1.29 is 14.7 Å². The Morgan fingerprint density at radius 3 is 2.50 bits per heavy atom. The number of aliphatic carboxylic acids is 1. The maximum Gasteiger partial charge on any atom is 0.307 e. The van der Waals surface area contributed by atoms with E-state index in [1.165, 1.54) is 0 Å². The van der Waals surface area contributed by atoms with Crippen LogP contribution in [0.5, 0.6) is 0 Å². The van der Waals surface area contributed by atoms with Gasteiger partial charge in [-0.1, -0.05) is 19.9 Å². The molecule has 1 amide bonds. The smallest absolute Gasteiger partial charge is 0.307 e. The van der Waals surface area contributed by atoms with E-state index in [1.807, 2.05) is 6.07 Å². The predicted molar refractivity (Wildman–Crippen MR) is 78.4 cm³/mol. The van der Waals surface area contributed by atoms with Gasteiger partial charge in [0.05, 0.1) is 17.5 Å². The summed E-state index contributed by atoms with van der Waals surface area (Å²) in [5.74, 6) is -2.33. The van der Waals surface area contributed by atoms with Crippen LogP contribution in [0.1, 0.15) is 13.8 Å². The van der Waals surface area contributed by atoms with Gasteiger partial charge in [0.2, 0.25) is 5.91 Å². The predicted octanol–water partition coefficient (Wildman–Crippen LogP) is 1.56. The number of aromatic nitrogens is 3. The Balaban J connectivity index is 1.76. The minimum atomic E-state index is -0.927. The molecule has 0 unspecified atom stereocenters. The monoisotopic (exact) mass is 300 g/mol. The first-order chi connectivity index (χ1) is 10.4. The summed E-state index contributed by atoms with van der Waals surface area (Å²) in [6.45, 7) is 3.59. The van der Waals surface area contributed by atoms with Gasteiger partial charge < -0.3 is 10.4 Å². The summed E-state index contributed by atoms with van der Waals surface area (Å²) in [4.78, 5) is 23.5. The molecule has 1 aromatic carbocycles. The van der Waals surface area contributed by atoms with Crippen LogP contribution in [0.25, 0.3) is 5.69 Å². The van der Waals surface area contributed by atoms with Gasteiger partial charge in [0.15, 0.2) is 0 Å². The van der Waals surface area contributed by atoms with E-state index in [1.54, 1.807) is 49.3 Å². The van der Waals surface area contributed by atoms with Crippen LogP contribution in [-0.2, 0) is 9.59 Å². The lowest BCUT2D eigenvalue weighted by Gasteiger charge is -2.08. The molecular formula is C15H16N4O3. The lowest BCUT2D eigenvalue weighted by molar-refractivity contribution is -0.140. The minimum Gasteiger partial charge on any atom is -0.481 e. The molecule has 2 N–H and O–H groups in total. The first-order valence-corrected chi connectivity index (χ1v) is 6.90. The highest BCUT2D eigenvalue weighted by Gasteiger charge is 2.65. The van der Waals surface area contributed by atoms with Crippen molar-refractivity contribution in [3.63, 3.8) is 0 Å². The Bertz CT molecular complexity index is 724. The van der Waals surface area contributed by atoms with Crippen LogP contribution in [0.3, 0.4) is 0 Å². The fraction of sp³-hybridized carbons (Fsp3) is 0.333. The largest absolute Gasteiger partial charge is 0.481 e. The van der Waals surface area contributed by atoms with Crippen LogP contribution in [0.15, 0.2) is 36.9 Å². The summed E-state index contributed by atoms with van der Waals surface area (Å²) in [6.07, 6.45) is 3.12. The lowest BCUT2D eigenvalue weighted by Crippen LogP contribution is -2.17. The van der Waals surface area contributed by atoms with Gasteiger partial charge in [-0.2, -0.15) is 0 Å². The van der Waals surface area contributed by atoms with Crippen molar-refractivity contribution in [1.82, 2.24) is 14.8 Å². The molecule has 0 radical (unpaired) electrons. The van der Waals surface area contributed by atoms with Gasteiger partial charge in [0.1, 0.15) is 12.7 Å². The average molecular weight is 300 g/mol. The second kappa shape index (κ2) is 4.94. The zero-order valence-electron chi connectivity index (χ0n) is 12.2. The Morgan fingerprint density at radius 2 is 1.91 bits per heavy atom. The molecule has 0 saturated heterocycles. The van der Waals surface area contributed by atoms with E-state index in [0.717, 1.165) is 5.69 Å². The molecule has 0 aliphatic heterocycles. The fourth-order valence-electron chi connectivity index (χ4n) is 2.89. The van der Waals surface area contributed by atoms with E-state index in [9.17, 15) is 9.59 Å². The molecule has 1 aliphatic rings. The zero-order chi connectivity index (χ0) is 15.9. The molecule has 1 aliphatic carbocycles. The minimum absolute atomic E-state index is 0.265. The summed E-state index contributed by atoms with van der Waals surface area (Å²) < 4.78 is 1.72. The second-order valence-corrected chi connectivity index (χ2v) is 6.02. The van der Waals surface area contributed by atoms with E-state index in [0.29, 0.717) is 5.69 Å². The van der Waals surface area contributed by atoms with Gasteiger partial charge in [-0.25, -0.2) is 0 Å². The van der Waals surface area contributed by atoms with E-state index < -0.39 is 23.2 Å². The van der Waals surface area contributed by atoms with Crippen molar-refractivity contribution in [2.24, 2.45) is 17.3 Å². The number of carbonyl (C=O) groups excluding carboxylic acids is 1. The number of amides is 1. The van der Waals surface area contributed by atoms with Gasteiger partial charge in [0.25, 0.3) is 0 Å². The van der Waals surface area contributed by atoms with Gasteiger partial charge in [-0.15, -0.1) is 10.2 Å². The third-order valence-corrected chi connectivity index (χ3v) is 4.21. The first-order valence-electron chi connectivity index (χ1n) is 6.90. The van der Waals surface area contributed by atoms with Crippen molar-refractivity contribution in [2.45, 2.75) is 13.8 Å². The molecule has 7 heteroatoms.